The summed E-state index contributed by atoms with van der Waals surface area (Å²) in [6.07, 6.45) is 0. The van der Waals surface area contributed by atoms with Gasteiger partial charge in [-0.1, -0.05) is 17.7 Å². The van der Waals surface area contributed by atoms with Crippen molar-refractivity contribution >= 4 is 34.6 Å². The van der Waals surface area contributed by atoms with Gasteiger partial charge < -0.3 is 15.8 Å². The van der Waals surface area contributed by atoms with Gasteiger partial charge in [0.15, 0.2) is 0 Å². The summed E-state index contributed by atoms with van der Waals surface area (Å²) in [6.45, 7) is 0. The molecule has 2 aromatic rings. The van der Waals surface area contributed by atoms with E-state index in [0.717, 1.165) is 0 Å². The molecule has 0 saturated heterocycles. The van der Waals surface area contributed by atoms with Crippen molar-refractivity contribution in [1.29, 1.82) is 0 Å². The van der Waals surface area contributed by atoms with Crippen LogP contribution in [0.15, 0.2) is 36.4 Å². The highest BCUT2D eigenvalue weighted by Gasteiger charge is 2.13. The van der Waals surface area contributed by atoms with Crippen LogP contribution in [-0.2, 0) is 4.74 Å². The van der Waals surface area contributed by atoms with Crippen molar-refractivity contribution in [1.82, 2.24) is 0 Å². The van der Waals surface area contributed by atoms with E-state index in [9.17, 15) is 9.18 Å². The van der Waals surface area contributed by atoms with E-state index in [-0.39, 0.29) is 16.3 Å². The van der Waals surface area contributed by atoms with Gasteiger partial charge in [0, 0.05) is 10.7 Å². The summed E-state index contributed by atoms with van der Waals surface area (Å²) in [4.78, 5) is 11.5. The third kappa shape index (κ3) is 3.00. The van der Waals surface area contributed by atoms with Gasteiger partial charge in [-0.15, -0.1) is 0 Å². The number of methoxy groups -OCH3 is 1. The molecule has 0 atom stereocenters. The van der Waals surface area contributed by atoms with E-state index in [0.29, 0.717) is 11.4 Å². The molecule has 2 aromatic carbocycles. The minimum atomic E-state index is -0.538. The number of hydrogen-bond acceptors (Lipinski definition) is 4. The molecule has 0 heterocycles. The van der Waals surface area contributed by atoms with E-state index in [1.165, 1.54) is 19.2 Å². The maximum atomic E-state index is 13.3. The fraction of sp³-hybridized carbons (Fsp3) is 0.0714. The van der Waals surface area contributed by atoms with Gasteiger partial charge in [-0.25, -0.2) is 9.18 Å². The largest absolute Gasteiger partial charge is 0.465 e. The molecule has 0 fully saturated rings. The second-order valence-corrected chi connectivity index (χ2v) is 4.48. The van der Waals surface area contributed by atoms with Crippen molar-refractivity contribution in [3.8, 4) is 0 Å². The number of nitrogens with two attached hydrogens (primary N) is 1. The number of halogens is 2. The highest BCUT2D eigenvalue weighted by atomic mass is 35.5. The van der Waals surface area contributed by atoms with Crippen molar-refractivity contribution in [2.24, 2.45) is 0 Å². The third-order valence-corrected chi connectivity index (χ3v) is 2.87. The van der Waals surface area contributed by atoms with Crippen LogP contribution in [0.2, 0.25) is 5.02 Å². The highest BCUT2D eigenvalue weighted by Crippen LogP contribution is 2.28. The van der Waals surface area contributed by atoms with E-state index in [1.54, 1.807) is 24.3 Å². The maximum Gasteiger partial charge on any atom is 0.340 e. The third-order valence-electron chi connectivity index (χ3n) is 2.65. The summed E-state index contributed by atoms with van der Waals surface area (Å²) >= 11 is 5.77. The van der Waals surface area contributed by atoms with E-state index < -0.39 is 11.8 Å². The number of anilines is 3. The zero-order valence-corrected chi connectivity index (χ0v) is 11.4. The number of carbonyl (C=O) groups excluding carboxylic acids is 1. The van der Waals surface area contributed by atoms with Crippen molar-refractivity contribution in [2.75, 3.05) is 18.2 Å². The number of carbonyl (C=O) groups is 1. The molecular weight excluding hydrogens is 283 g/mol. The van der Waals surface area contributed by atoms with Crippen LogP contribution in [0.3, 0.4) is 0 Å². The van der Waals surface area contributed by atoms with E-state index in [2.05, 4.69) is 10.1 Å². The predicted molar refractivity (Wildman–Crippen MR) is 76.9 cm³/mol. The average Bonchev–Trinajstić information content (AvgIpc) is 2.39. The molecule has 6 heteroatoms. The lowest BCUT2D eigenvalue weighted by molar-refractivity contribution is 0.0602. The standard InChI is InChI=1S/C14H12ClFN2O2/c1-20-14(19)11-3-2-4-12(13(11)17)18-10-6-8(15)5-9(16)7-10/h2-7,18H,17H2,1H3. The summed E-state index contributed by atoms with van der Waals surface area (Å²) < 4.78 is 17.9. The Hall–Kier alpha value is -2.27. The van der Waals surface area contributed by atoms with Crippen LogP contribution in [0.25, 0.3) is 0 Å². The Morgan fingerprint density at radius 1 is 1.35 bits per heavy atom. The molecule has 0 unspecified atom stereocenters. The molecular formula is C14H12ClFN2O2. The van der Waals surface area contributed by atoms with Gasteiger partial charge in [0.1, 0.15) is 5.82 Å². The molecule has 0 radical (unpaired) electrons. The van der Waals surface area contributed by atoms with Crippen molar-refractivity contribution in [3.05, 3.63) is 52.8 Å². The lowest BCUT2D eigenvalue weighted by Gasteiger charge is -2.12. The quantitative estimate of drug-likeness (QED) is 0.671. The fourth-order valence-electron chi connectivity index (χ4n) is 1.74. The van der Waals surface area contributed by atoms with E-state index in [4.69, 9.17) is 17.3 Å². The summed E-state index contributed by atoms with van der Waals surface area (Å²) in [5, 5.41) is 3.18. The number of rotatable bonds is 3. The van der Waals surface area contributed by atoms with Gasteiger partial charge in [0.2, 0.25) is 0 Å². The second kappa shape index (κ2) is 5.79. The number of esters is 1. The van der Waals surface area contributed by atoms with Crippen LogP contribution < -0.4 is 11.1 Å². The number of benzene rings is 2. The van der Waals surface area contributed by atoms with Crippen LogP contribution in [0.1, 0.15) is 10.4 Å². The Kier molecular flexibility index (Phi) is 4.10. The van der Waals surface area contributed by atoms with Crippen LogP contribution in [0.5, 0.6) is 0 Å². The van der Waals surface area contributed by atoms with E-state index >= 15 is 0 Å². The van der Waals surface area contributed by atoms with E-state index in [1.807, 2.05) is 0 Å². The first kappa shape index (κ1) is 14.1. The summed E-state index contributed by atoms with van der Waals surface area (Å²) in [5.41, 5.74) is 7.25. The average molecular weight is 295 g/mol. The van der Waals surface area contributed by atoms with Crippen LogP contribution in [0.4, 0.5) is 21.5 Å². The first-order chi connectivity index (χ1) is 9.51. The molecule has 0 bridgehead atoms. The van der Waals surface area contributed by atoms with Crippen LogP contribution in [0, 0.1) is 5.82 Å². The Morgan fingerprint density at radius 3 is 2.75 bits per heavy atom. The van der Waals surface area contributed by atoms with Gasteiger partial charge >= 0.3 is 5.97 Å². The SMILES string of the molecule is COC(=O)c1cccc(Nc2cc(F)cc(Cl)c2)c1N. The molecule has 0 aliphatic carbocycles. The minimum absolute atomic E-state index is 0.222. The Labute approximate surface area is 120 Å². The molecule has 20 heavy (non-hydrogen) atoms. The number of nitrogen functional groups attached to an aromatic ring is 1. The predicted octanol–water partition coefficient (Wildman–Crippen LogP) is 3.59. The Balaban J connectivity index is 2.36. The molecule has 0 aromatic heterocycles. The van der Waals surface area contributed by atoms with Gasteiger partial charge in [0.25, 0.3) is 0 Å². The number of nitrogens with one attached hydrogen (secondary N) is 1. The fourth-order valence-corrected chi connectivity index (χ4v) is 1.97. The first-order valence-corrected chi connectivity index (χ1v) is 6.09. The maximum absolute atomic E-state index is 13.3. The second-order valence-electron chi connectivity index (χ2n) is 4.04. The first-order valence-electron chi connectivity index (χ1n) is 5.71. The van der Waals surface area contributed by atoms with Gasteiger partial charge in [-0.05, 0) is 30.3 Å². The van der Waals surface area contributed by atoms with Crippen LogP contribution in [-0.4, -0.2) is 13.1 Å². The van der Waals surface area contributed by atoms with Crippen molar-refractivity contribution in [3.63, 3.8) is 0 Å². The molecule has 0 aliphatic heterocycles. The van der Waals surface area contributed by atoms with Gasteiger partial charge in [0.05, 0.1) is 24.0 Å². The van der Waals surface area contributed by atoms with Gasteiger partial charge in [-0.2, -0.15) is 0 Å². The number of para-hydroxylation sites is 1. The molecule has 104 valence electrons. The molecule has 0 saturated carbocycles. The molecule has 0 amide bonds. The minimum Gasteiger partial charge on any atom is -0.465 e. The molecule has 3 N–H and O–H groups in total. The lowest BCUT2D eigenvalue weighted by Crippen LogP contribution is -2.07. The smallest absolute Gasteiger partial charge is 0.340 e. The zero-order valence-electron chi connectivity index (χ0n) is 10.6. The Morgan fingerprint density at radius 2 is 2.10 bits per heavy atom. The number of hydrogen-bond donors (Lipinski definition) is 2. The summed E-state index contributed by atoms with van der Waals surface area (Å²) in [5.74, 6) is -1.01. The highest BCUT2D eigenvalue weighted by molar-refractivity contribution is 6.30. The normalized spacial score (nSPS) is 10.2. The Bertz CT molecular complexity index is 641. The monoisotopic (exact) mass is 294 g/mol. The van der Waals surface area contributed by atoms with Crippen molar-refractivity contribution in [2.45, 2.75) is 0 Å². The summed E-state index contributed by atoms with van der Waals surface area (Å²) in [6, 6.07) is 8.88. The molecule has 0 aliphatic rings. The molecule has 0 spiro atoms. The zero-order chi connectivity index (χ0) is 14.7. The molecule has 4 nitrogen and oxygen atoms in total. The number of ether oxygens (including phenoxy) is 1. The van der Waals surface area contributed by atoms with Crippen LogP contribution >= 0.6 is 11.6 Å². The van der Waals surface area contributed by atoms with Crippen molar-refractivity contribution < 1.29 is 13.9 Å². The molecule has 2 rings (SSSR count). The van der Waals surface area contributed by atoms with Gasteiger partial charge in [-0.3, -0.25) is 0 Å². The lowest BCUT2D eigenvalue weighted by atomic mass is 10.1. The summed E-state index contributed by atoms with van der Waals surface area (Å²) in [7, 11) is 1.27. The topological polar surface area (TPSA) is 64.3 Å².